The summed E-state index contributed by atoms with van der Waals surface area (Å²) in [5, 5.41) is 3.62. The fraction of sp³-hybridized carbons (Fsp3) is 0.688. The monoisotopic (exact) mass is 291 g/mol. The van der Waals surface area contributed by atoms with E-state index in [9.17, 15) is 0 Å². The third-order valence-corrected chi connectivity index (χ3v) is 5.39. The second kappa shape index (κ2) is 6.27. The summed E-state index contributed by atoms with van der Waals surface area (Å²) in [6.07, 6.45) is 10.8. The molecule has 0 amide bonds. The summed E-state index contributed by atoms with van der Waals surface area (Å²) < 4.78 is 2.25. The van der Waals surface area contributed by atoms with Gasteiger partial charge >= 0.3 is 0 Å². The lowest BCUT2D eigenvalue weighted by atomic mass is 9.87. The first-order chi connectivity index (χ1) is 9.74. The second-order valence-electron chi connectivity index (χ2n) is 6.11. The maximum atomic E-state index is 4.64. The zero-order valence-corrected chi connectivity index (χ0v) is 13.4. The second-order valence-corrected chi connectivity index (χ2v) is 7.32. The molecule has 1 aliphatic carbocycles. The summed E-state index contributed by atoms with van der Waals surface area (Å²) in [7, 11) is 0. The minimum Gasteiger partial charge on any atom is -0.311 e. The lowest BCUT2D eigenvalue weighted by molar-refractivity contribution is 0.333. The van der Waals surface area contributed by atoms with E-state index in [1.165, 1.54) is 54.8 Å². The summed E-state index contributed by atoms with van der Waals surface area (Å²) in [6.45, 7) is 6.35. The fourth-order valence-corrected chi connectivity index (χ4v) is 4.20. The first-order valence-electron chi connectivity index (χ1n) is 7.88. The topological polar surface area (TPSA) is 29.3 Å². The Morgan fingerprint density at radius 3 is 2.90 bits per heavy atom. The van der Waals surface area contributed by atoms with Crippen molar-refractivity contribution in [3.05, 3.63) is 22.5 Å². The van der Waals surface area contributed by atoms with Crippen LogP contribution in [0.25, 0.3) is 4.96 Å². The maximum Gasteiger partial charge on any atom is 0.194 e. The fourth-order valence-electron chi connectivity index (χ4n) is 3.31. The van der Waals surface area contributed by atoms with Crippen LogP contribution in [0.4, 0.5) is 0 Å². The number of rotatable bonds is 5. The van der Waals surface area contributed by atoms with E-state index in [4.69, 9.17) is 0 Å². The summed E-state index contributed by atoms with van der Waals surface area (Å²) >= 11 is 1.77. The van der Waals surface area contributed by atoms with Gasteiger partial charge in [-0.3, -0.25) is 4.40 Å². The lowest BCUT2D eigenvalue weighted by Crippen LogP contribution is -2.20. The van der Waals surface area contributed by atoms with Crippen LogP contribution in [-0.2, 0) is 6.54 Å². The minimum absolute atomic E-state index is 0.940. The number of hydrogen-bond donors (Lipinski definition) is 1. The Bertz CT molecular complexity index is 564. The quantitative estimate of drug-likeness (QED) is 0.841. The lowest BCUT2D eigenvalue weighted by Gasteiger charge is -2.21. The van der Waals surface area contributed by atoms with Gasteiger partial charge in [-0.05, 0) is 32.7 Å². The molecule has 1 N–H and O–H groups in total. The Morgan fingerprint density at radius 1 is 1.30 bits per heavy atom. The van der Waals surface area contributed by atoms with Gasteiger partial charge in [0.1, 0.15) is 0 Å². The van der Waals surface area contributed by atoms with Gasteiger partial charge in [0.25, 0.3) is 0 Å². The standard InChI is InChI=1S/C16H25N3S/c1-12-11-19-15(13(2)18-16(19)20-12)10-17-9-8-14-6-4-3-5-7-14/h11,14,17H,3-10H2,1-2H3. The smallest absolute Gasteiger partial charge is 0.194 e. The van der Waals surface area contributed by atoms with Crippen molar-refractivity contribution in [1.29, 1.82) is 0 Å². The zero-order chi connectivity index (χ0) is 13.9. The first-order valence-corrected chi connectivity index (χ1v) is 8.70. The normalized spacial score (nSPS) is 17.1. The van der Waals surface area contributed by atoms with E-state index >= 15 is 0 Å². The van der Waals surface area contributed by atoms with Crippen molar-refractivity contribution >= 4 is 16.3 Å². The highest BCUT2D eigenvalue weighted by atomic mass is 32.1. The van der Waals surface area contributed by atoms with Crippen LogP contribution in [0.3, 0.4) is 0 Å². The average molecular weight is 291 g/mol. The molecule has 3 rings (SSSR count). The third-order valence-electron chi connectivity index (χ3n) is 4.49. The minimum atomic E-state index is 0.940. The molecule has 1 fully saturated rings. The molecular formula is C16H25N3S. The van der Waals surface area contributed by atoms with E-state index in [1.54, 1.807) is 11.3 Å². The van der Waals surface area contributed by atoms with Crippen molar-refractivity contribution in [2.75, 3.05) is 6.54 Å². The molecule has 0 atom stereocenters. The Hall–Kier alpha value is -0.870. The largest absolute Gasteiger partial charge is 0.311 e. The summed E-state index contributed by atoms with van der Waals surface area (Å²) in [5.41, 5.74) is 2.49. The van der Waals surface area contributed by atoms with Crippen LogP contribution < -0.4 is 5.32 Å². The van der Waals surface area contributed by atoms with Gasteiger partial charge in [-0.15, -0.1) is 11.3 Å². The molecule has 3 nitrogen and oxygen atoms in total. The maximum absolute atomic E-state index is 4.64. The molecule has 2 aromatic heterocycles. The number of fused-ring (bicyclic) bond motifs is 1. The van der Waals surface area contributed by atoms with Crippen LogP contribution in [0, 0.1) is 19.8 Å². The summed E-state index contributed by atoms with van der Waals surface area (Å²) in [5.74, 6) is 0.964. The predicted octanol–water partition coefficient (Wildman–Crippen LogP) is 4.07. The van der Waals surface area contributed by atoms with E-state index in [0.717, 1.165) is 24.0 Å². The van der Waals surface area contributed by atoms with Crippen LogP contribution in [0.1, 0.15) is 54.8 Å². The molecule has 0 bridgehead atoms. The first kappa shape index (κ1) is 14.1. The molecule has 1 aliphatic rings. The Labute approximate surface area is 125 Å². The highest BCUT2D eigenvalue weighted by Crippen LogP contribution is 2.26. The Morgan fingerprint density at radius 2 is 2.10 bits per heavy atom. The van der Waals surface area contributed by atoms with Crippen LogP contribution >= 0.6 is 11.3 Å². The number of aromatic nitrogens is 2. The van der Waals surface area contributed by atoms with Crippen molar-refractivity contribution in [3.8, 4) is 0 Å². The molecule has 0 unspecified atom stereocenters. The number of hydrogen-bond acceptors (Lipinski definition) is 3. The number of nitrogens with zero attached hydrogens (tertiary/aromatic N) is 2. The SMILES string of the molecule is Cc1cn2c(CNCCC3CCCCC3)c(C)nc2s1. The van der Waals surface area contributed by atoms with Crippen LogP contribution in [0.5, 0.6) is 0 Å². The number of thiazole rings is 1. The Kier molecular flexibility index (Phi) is 4.41. The van der Waals surface area contributed by atoms with Gasteiger partial charge < -0.3 is 5.32 Å². The number of imidazole rings is 1. The van der Waals surface area contributed by atoms with E-state index in [1.807, 2.05) is 0 Å². The molecule has 0 spiro atoms. The highest BCUT2D eigenvalue weighted by molar-refractivity contribution is 7.17. The van der Waals surface area contributed by atoms with Crippen molar-refractivity contribution in [2.24, 2.45) is 5.92 Å². The van der Waals surface area contributed by atoms with Crippen molar-refractivity contribution in [3.63, 3.8) is 0 Å². The molecule has 0 radical (unpaired) electrons. The van der Waals surface area contributed by atoms with E-state index < -0.39 is 0 Å². The van der Waals surface area contributed by atoms with Gasteiger partial charge in [-0.1, -0.05) is 32.1 Å². The van der Waals surface area contributed by atoms with Crippen LogP contribution in [-0.4, -0.2) is 15.9 Å². The molecule has 2 aromatic rings. The molecule has 20 heavy (non-hydrogen) atoms. The van der Waals surface area contributed by atoms with Gasteiger partial charge in [0.2, 0.25) is 0 Å². The summed E-state index contributed by atoms with van der Waals surface area (Å²) in [4.78, 5) is 7.10. The molecule has 0 aromatic carbocycles. The molecule has 1 saturated carbocycles. The molecule has 0 saturated heterocycles. The molecular weight excluding hydrogens is 266 g/mol. The van der Waals surface area contributed by atoms with Gasteiger partial charge in [-0.25, -0.2) is 4.98 Å². The molecule has 4 heteroatoms. The summed E-state index contributed by atoms with van der Waals surface area (Å²) in [6, 6.07) is 0. The molecule has 0 aliphatic heterocycles. The van der Waals surface area contributed by atoms with Crippen molar-refractivity contribution < 1.29 is 0 Å². The average Bonchev–Trinajstić information content (AvgIpc) is 2.92. The van der Waals surface area contributed by atoms with Gasteiger partial charge in [-0.2, -0.15) is 0 Å². The number of aryl methyl sites for hydroxylation is 2. The zero-order valence-electron chi connectivity index (χ0n) is 12.6. The predicted molar refractivity (Wildman–Crippen MR) is 85.4 cm³/mol. The van der Waals surface area contributed by atoms with E-state index in [0.29, 0.717) is 0 Å². The van der Waals surface area contributed by atoms with Crippen LogP contribution in [0.15, 0.2) is 6.20 Å². The number of nitrogens with one attached hydrogen (secondary N) is 1. The third kappa shape index (κ3) is 3.07. The van der Waals surface area contributed by atoms with E-state index in [2.05, 4.69) is 34.7 Å². The Balaban J connectivity index is 1.52. The van der Waals surface area contributed by atoms with E-state index in [-0.39, 0.29) is 0 Å². The van der Waals surface area contributed by atoms with Gasteiger partial charge in [0.15, 0.2) is 4.96 Å². The van der Waals surface area contributed by atoms with Crippen molar-refractivity contribution in [1.82, 2.24) is 14.7 Å². The van der Waals surface area contributed by atoms with Gasteiger partial charge in [0.05, 0.1) is 11.4 Å². The molecule has 110 valence electrons. The highest BCUT2D eigenvalue weighted by Gasteiger charge is 2.13. The van der Waals surface area contributed by atoms with Crippen molar-refractivity contribution in [2.45, 2.75) is 58.9 Å². The van der Waals surface area contributed by atoms with Gasteiger partial charge in [0, 0.05) is 17.6 Å². The van der Waals surface area contributed by atoms with Crippen LogP contribution in [0.2, 0.25) is 0 Å². The molecule has 2 heterocycles.